The van der Waals surface area contributed by atoms with Gasteiger partial charge in [0.1, 0.15) is 0 Å². The Labute approximate surface area is 143 Å². The quantitative estimate of drug-likeness (QED) is 0.747. The van der Waals surface area contributed by atoms with Crippen molar-refractivity contribution in [2.75, 3.05) is 5.32 Å². The number of carbonyl (C=O) groups excluding carboxylic acids is 2. The molecule has 25 heavy (non-hydrogen) atoms. The lowest BCUT2D eigenvalue weighted by molar-refractivity contribution is -0.116. The lowest BCUT2D eigenvalue weighted by Crippen LogP contribution is -2.16. The molecule has 0 bridgehead atoms. The SMILES string of the molecule is O=C(CCC(=O)n1ccc2ccccc21)Nc1ccc(C(=O)O)cc1. The smallest absolute Gasteiger partial charge is 0.335 e. The molecule has 0 radical (unpaired) electrons. The van der Waals surface area contributed by atoms with Crippen LogP contribution in [0.1, 0.15) is 28.0 Å². The third kappa shape index (κ3) is 3.74. The molecule has 3 aromatic rings. The number of fused-ring (bicyclic) bond motifs is 1. The van der Waals surface area contributed by atoms with Crippen molar-refractivity contribution >= 4 is 34.4 Å². The number of amides is 1. The van der Waals surface area contributed by atoms with Gasteiger partial charge in [0.05, 0.1) is 11.1 Å². The topological polar surface area (TPSA) is 88.4 Å². The van der Waals surface area contributed by atoms with Gasteiger partial charge >= 0.3 is 5.97 Å². The Kier molecular flexibility index (Phi) is 4.61. The van der Waals surface area contributed by atoms with E-state index in [9.17, 15) is 14.4 Å². The molecule has 0 aliphatic carbocycles. The molecule has 6 nitrogen and oxygen atoms in total. The summed E-state index contributed by atoms with van der Waals surface area (Å²) in [5, 5.41) is 12.5. The van der Waals surface area contributed by atoms with Crippen molar-refractivity contribution in [1.29, 1.82) is 0 Å². The van der Waals surface area contributed by atoms with Crippen molar-refractivity contribution in [3.8, 4) is 0 Å². The number of hydrogen-bond acceptors (Lipinski definition) is 3. The van der Waals surface area contributed by atoms with Crippen LogP contribution in [-0.2, 0) is 4.79 Å². The molecule has 0 aliphatic heterocycles. The molecule has 0 atom stereocenters. The highest BCUT2D eigenvalue weighted by Crippen LogP contribution is 2.16. The number of hydrogen-bond donors (Lipinski definition) is 2. The summed E-state index contributed by atoms with van der Waals surface area (Å²) in [6, 6.07) is 15.3. The molecule has 126 valence electrons. The molecule has 0 spiro atoms. The first-order chi connectivity index (χ1) is 12.0. The first-order valence-corrected chi connectivity index (χ1v) is 7.77. The zero-order chi connectivity index (χ0) is 17.8. The van der Waals surface area contributed by atoms with E-state index in [0.717, 1.165) is 10.9 Å². The van der Waals surface area contributed by atoms with Gasteiger partial charge in [0.15, 0.2) is 0 Å². The summed E-state index contributed by atoms with van der Waals surface area (Å²) >= 11 is 0. The highest BCUT2D eigenvalue weighted by atomic mass is 16.4. The Bertz CT molecular complexity index is 941. The molecule has 0 saturated heterocycles. The van der Waals surface area contributed by atoms with Gasteiger partial charge in [0, 0.05) is 30.1 Å². The van der Waals surface area contributed by atoms with Crippen molar-refractivity contribution in [3.63, 3.8) is 0 Å². The Morgan fingerprint density at radius 1 is 0.920 bits per heavy atom. The number of carbonyl (C=O) groups is 3. The normalized spacial score (nSPS) is 10.6. The van der Waals surface area contributed by atoms with Crippen LogP contribution in [-0.4, -0.2) is 27.5 Å². The number of aromatic nitrogens is 1. The van der Waals surface area contributed by atoms with E-state index in [1.807, 2.05) is 30.3 Å². The fraction of sp³-hybridized carbons (Fsp3) is 0.105. The highest BCUT2D eigenvalue weighted by Gasteiger charge is 2.11. The van der Waals surface area contributed by atoms with Crippen molar-refractivity contribution in [2.45, 2.75) is 12.8 Å². The van der Waals surface area contributed by atoms with Gasteiger partial charge in [-0.1, -0.05) is 18.2 Å². The Balaban J connectivity index is 1.58. The summed E-state index contributed by atoms with van der Waals surface area (Å²) in [4.78, 5) is 35.1. The maximum atomic E-state index is 12.3. The van der Waals surface area contributed by atoms with Crippen LogP contribution in [0.2, 0.25) is 0 Å². The zero-order valence-electron chi connectivity index (χ0n) is 13.3. The van der Waals surface area contributed by atoms with Crippen molar-refractivity contribution < 1.29 is 19.5 Å². The van der Waals surface area contributed by atoms with Crippen LogP contribution < -0.4 is 5.32 Å². The number of benzene rings is 2. The van der Waals surface area contributed by atoms with E-state index in [4.69, 9.17) is 5.11 Å². The Morgan fingerprint density at radius 3 is 2.36 bits per heavy atom. The average Bonchev–Trinajstić information content (AvgIpc) is 3.04. The predicted octanol–water partition coefficient (Wildman–Crippen LogP) is 3.40. The van der Waals surface area contributed by atoms with Crippen molar-refractivity contribution in [1.82, 2.24) is 4.57 Å². The van der Waals surface area contributed by atoms with Gasteiger partial charge in [-0.15, -0.1) is 0 Å². The number of nitrogens with zero attached hydrogens (tertiary/aromatic N) is 1. The Hall–Kier alpha value is -3.41. The third-order valence-corrected chi connectivity index (χ3v) is 3.85. The number of rotatable bonds is 5. The van der Waals surface area contributed by atoms with Gasteiger partial charge in [-0.05, 0) is 36.4 Å². The minimum Gasteiger partial charge on any atom is -0.478 e. The minimum absolute atomic E-state index is 0.0476. The maximum Gasteiger partial charge on any atom is 0.335 e. The standard InChI is InChI=1S/C19H16N2O4/c22-17(20-15-7-5-14(6-8-15)19(24)25)9-10-18(23)21-12-11-13-3-1-2-4-16(13)21/h1-8,11-12H,9-10H2,(H,20,22)(H,24,25). The molecule has 0 aliphatic rings. The third-order valence-electron chi connectivity index (χ3n) is 3.85. The van der Waals surface area contributed by atoms with Gasteiger partial charge in [0.25, 0.3) is 0 Å². The van der Waals surface area contributed by atoms with Crippen molar-refractivity contribution in [3.05, 3.63) is 66.4 Å². The van der Waals surface area contributed by atoms with E-state index >= 15 is 0 Å². The monoisotopic (exact) mass is 336 g/mol. The van der Waals surface area contributed by atoms with Crippen LogP contribution in [0, 0.1) is 0 Å². The number of aromatic carboxylic acids is 1. The fourth-order valence-corrected chi connectivity index (χ4v) is 2.56. The van der Waals surface area contributed by atoms with Gasteiger partial charge in [0.2, 0.25) is 11.8 Å². The molecule has 0 fully saturated rings. The van der Waals surface area contributed by atoms with Gasteiger partial charge in [-0.2, -0.15) is 0 Å². The van der Waals surface area contributed by atoms with Gasteiger partial charge in [-0.3, -0.25) is 14.2 Å². The van der Waals surface area contributed by atoms with Crippen LogP contribution in [0.4, 0.5) is 5.69 Å². The molecule has 6 heteroatoms. The molecule has 0 unspecified atom stereocenters. The van der Waals surface area contributed by atoms with Crippen LogP contribution in [0.15, 0.2) is 60.8 Å². The predicted molar refractivity (Wildman–Crippen MR) is 93.8 cm³/mol. The first kappa shape index (κ1) is 16.4. The summed E-state index contributed by atoms with van der Waals surface area (Å²) < 4.78 is 1.55. The lowest BCUT2D eigenvalue weighted by Gasteiger charge is -2.06. The second kappa shape index (κ2) is 7.00. The van der Waals surface area contributed by atoms with E-state index < -0.39 is 5.97 Å². The fourth-order valence-electron chi connectivity index (χ4n) is 2.56. The van der Waals surface area contributed by atoms with Crippen LogP contribution in [0.3, 0.4) is 0 Å². The van der Waals surface area contributed by atoms with E-state index in [1.54, 1.807) is 10.8 Å². The molecule has 2 aromatic carbocycles. The van der Waals surface area contributed by atoms with Crippen LogP contribution in [0.5, 0.6) is 0 Å². The highest BCUT2D eigenvalue weighted by molar-refractivity contribution is 5.97. The van der Waals surface area contributed by atoms with E-state index in [0.29, 0.717) is 5.69 Å². The van der Waals surface area contributed by atoms with E-state index in [1.165, 1.54) is 24.3 Å². The van der Waals surface area contributed by atoms with E-state index in [2.05, 4.69) is 5.32 Å². The van der Waals surface area contributed by atoms with Gasteiger partial charge in [-0.25, -0.2) is 4.79 Å². The Morgan fingerprint density at radius 2 is 1.64 bits per heavy atom. The second-order valence-corrected chi connectivity index (χ2v) is 5.57. The molecular weight excluding hydrogens is 320 g/mol. The molecule has 2 N–H and O–H groups in total. The minimum atomic E-state index is -1.03. The van der Waals surface area contributed by atoms with Gasteiger partial charge < -0.3 is 10.4 Å². The van der Waals surface area contributed by atoms with E-state index in [-0.39, 0.29) is 30.2 Å². The molecule has 1 amide bonds. The van der Waals surface area contributed by atoms with Crippen LogP contribution >= 0.6 is 0 Å². The lowest BCUT2D eigenvalue weighted by atomic mass is 10.2. The summed E-state index contributed by atoms with van der Waals surface area (Å²) in [6.07, 6.45) is 1.83. The largest absolute Gasteiger partial charge is 0.478 e. The number of nitrogens with one attached hydrogen (secondary N) is 1. The molecule has 0 saturated carbocycles. The summed E-state index contributed by atoms with van der Waals surface area (Å²) in [6.45, 7) is 0. The summed E-state index contributed by atoms with van der Waals surface area (Å²) in [7, 11) is 0. The zero-order valence-corrected chi connectivity index (χ0v) is 13.3. The van der Waals surface area contributed by atoms with Crippen LogP contribution in [0.25, 0.3) is 10.9 Å². The number of para-hydroxylation sites is 1. The summed E-state index contributed by atoms with van der Waals surface area (Å²) in [5.74, 6) is -1.48. The molecule has 1 heterocycles. The second-order valence-electron chi connectivity index (χ2n) is 5.57. The molecular formula is C19H16N2O4. The number of carboxylic acid groups (broad SMARTS) is 1. The molecule has 1 aromatic heterocycles. The number of anilines is 1. The number of carboxylic acids is 1. The average molecular weight is 336 g/mol. The maximum absolute atomic E-state index is 12.3. The van der Waals surface area contributed by atoms with Crippen molar-refractivity contribution in [2.24, 2.45) is 0 Å². The first-order valence-electron chi connectivity index (χ1n) is 7.77. The summed E-state index contributed by atoms with van der Waals surface area (Å²) in [5.41, 5.74) is 1.46. The molecule has 3 rings (SSSR count).